The fourth-order valence-electron chi connectivity index (χ4n) is 2.24. The summed E-state index contributed by atoms with van der Waals surface area (Å²) in [5, 5.41) is 11.9. The minimum Gasteiger partial charge on any atom is -0.311 e. The molecule has 0 amide bonds. The lowest BCUT2D eigenvalue weighted by Gasteiger charge is -2.06. The van der Waals surface area contributed by atoms with Crippen LogP contribution in [0.15, 0.2) is 30.5 Å². The maximum Gasteiger partial charge on any atom is 0.0969 e. The van der Waals surface area contributed by atoms with Crippen LogP contribution < -0.4 is 5.32 Å². The Bertz CT molecular complexity index is 552. The monoisotopic (exact) mass is 270 g/mol. The number of nitrogens with zero attached hydrogens (tertiary/aromatic N) is 3. The molecule has 20 heavy (non-hydrogen) atoms. The molecule has 0 saturated heterocycles. The van der Waals surface area contributed by atoms with Crippen LogP contribution in [0.25, 0.3) is 5.69 Å². The second kappa shape index (κ2) is 5.75. The first-order chi connectivity index (χ1) is 9.72. The van der Waals surface area contributed by atoms with Crippen molar-refractivity contribution in [1.82, 2.24) is 20.3 Å². The summed E-state index contributed by atoms with van der Waals surface area (Å²) in [7, 11) is 0. The lowest BCUT2D eigenvalue weighted by Crippen LogP contribution is -2.16. The highest BCUT2D eigenvalue weighted by Crippen LogP contribution is 2.27. The summed E-state index contributed by atoms with van der Waals surface area (Å²) < 4.78 is 1.85. The number of aromatic nitrogens is 3. The summed E-state index contributed by atoms with van der Waals surface area (Å²) in [6, 6.07) is 8.52. The molecule has 1 aromatic carbocycles. The van der Waals surface area contributed by atoms with Gasteiger partial charge in [-0.3, -0.25) is 0 Å². The van der Waals surface area contributed by atoms with Gasteiger partial charge in [0.2, 0.25) is 0 Å². The topological polar surface area (TPSA) is 42.7 Å². The zero-order chi connectivity index (χ0) is 13.9. The molecule has 1 saturated carbocycles. The number of benzene rings is 1. The third-order valence-electron chi connectivity index (χ3n) is 3.80. The molecule has 3 rings (SSSR count). The fourth-order valence-corrected chi connectivity index (χ4v) is 2.24. The van der Waals surface area contributed by atoms with Gasteiger partial charge in [0.15, 0.2) is 0 Å². The Kier molecular flexibility index (Phi) is 3.83. The van der Waals surface area contributed by atoms with Crippen molar-refractivity contribution in [3.05, 3.63) is 41.7 Å². The SMILES string of the molecule is CC(C)c1ccc(-n2cc(CNCC3CC3)nn2)cc1. The molecular weight excluding hydrogens is 248 g/mol. The summed E-state index contributed by atoms with van der Waals surface area (Å²) in [5.74, 6) is 1.45. The Balaban J connectivity index is 1.62. The van der Waals surface area contributed by atoms with E-state index in [1.807, 2.05) is 10.9 Å². The molecule has 106 valence electrons. The van der Waals surface area contributed by atoms with Crippen LogP contribution in [0.3, 0.4) is 0 Å². The lowest BCUT2D eigenvalue weighted by molar-refractivity contribution is 0.628. The molecular formula is C16H22N4. The molecule has 1 fully saturated rings. The molecule has 0 atom stereocenters. The maximum atomic E-state index is 4.22. The van der Waals surface area contributed by atoms with E-state index in [4.69, 9.17) is 0 Å². The van der Waals surface area contributed by atoms with Gasteiger partial charge < -0.3 is 5.32 Å². The van der Waals surface area contributed by atoms with Crippen LogP contribution in [0.2, 0.25) is 0 Å². The summed E-state index contributed by atoms with van der Waals surface area (Å²) in [6.45, 7) is 6.32. The van der Waals surface area contributed by atoms with E-state index in [-0.39, 0.29) is 0 Å². The van der Waals surface area contributed by atoms with Gasteiger partial charge in [0.1, 0.15) is 0 Å². The van der Waals surface area contributed by atoms with Gasteiger partial charge >= 0.3 is 0 Å². The highest BCUT2D eigenvalue weighted by Gasteiger charge is 2.20. The van der Waals surface area contributed by atoms with Gasteiger partial charge in [0.05, 0.1) is 17.6 Å². The molecule has 1 aromatic heterocycles. The molecule has 1 heterocycles. The van der Waals surface area contributed by atoms with E-state index in [0.29, 0.717) is 5.92 Å². The third-order valence-corrected chi connectivity index (χ3v) is 3.80. The molecule has 4 heteroatoms. The Hall–Kier alpha value is -1.68. The first kappa shape index (κ1) is 13.3. The van der Waals surface area contributed by atoms with Crippen molar-refractivity contribution < 1.29 is 0 Å². The molecule has 1 aliphatic carbocycles. The van der Waals surface area contributed by atoms with Crippen LogP contribution >= 0.6 is 0 Å². The average Bonchev–Trinajstić information content (AvgIpc) is 3.15. The minimum atomic E-state index is 0.557. The summed E-state index contributed by atoms with van der Waals surface area (Å²) in [4.78, 5) is 0. The standard InChI is InChI=1S/C16H22N4/c1-12(2)14-5-7-16(8-6-14)20-11-15(18-19-20)10-17-9-13-3-4-13/h5-8,11-13,17H,3-4,9-10H2,1-2H3. The van der Waals surface area contributed by atoms with E-state index < -0.39 is 0 Å². The number of nitrogens with one attached hydrogen (secondary N) is 1. The Morgan fingerprint density at radius 3 is 2.65 bits per heavy atom. The van der Waals surface area contributed by atoms with E-state index in [0.717, 1.165) is 30.4 Å². The van der Waals surface area contributed by atoms with Crippen LogP contribution in [0, 0.1) is 5.92 Å². The Morgan fingerprint density at radius 1 is 1.25 bits per heavy atom. The smallest absolute Gasteiger partial charge is 0.0969 e. The average molecular weight is 270 g/mol. The van der Waals surface area contributed by atoms with Gasteiger partial charge in [-0.25, -0.2) is 4.68 Å². The predicted molar refractivity (Wildman–Crippen MR) is 79.9 cm³/mol. The van der Waals surface area contributed by atoms with Crippen LogP contribution in [0.1, 0.15) is 43.9 Å². The molecule has 0 unspecified atom stereocenters. The molecule has 0 radical (unpaired) electrons. The predicted octanol–water partition coefficient (Wildman–Crippen LogP) is 2.89. The van der Waals surface area contributed by atoms with Crippen LogP contribution in [0.4, 0.5) is 0 Å². The summed E-state index contributed by atoms with van der Waals surface area (Å²) in [6.07, 6.45) is 4.76. The number of hydrogen-bond donors (Lipinski definition) is 1. The molecule has 2 aromatic rings. The minimum absolute atomic E-state index is 0.557. The Morgan fingerprint density at radius 2 is 2.00 bits per heavy atom. The van der Waals surface area contributed by atoms with Crippen molar-refractivity contribution in [1.29, 1.82) is 0 Å². The number of rotatable bonds is 6. The number of hydrogen-bond acceptors (Lipinski definition) is 3. The van der Waals surface area contributed by atoms with E-state index in [1.54, 1.807) is 0 Å². The Labute approximate surface area is 120 Å². The van der Waals surface area contributed by atoms with Crippen LogP contribution in [0.5, 0.6) is 0 Å². The first-order valence-electron chi connectivity index (χ1n) is 7.44. The van der Waals surface area contributed by atoms with E-state index in [9.17, 15) is 0 Å². The normalized spacial score (nSPS) is 14.9. The highest BCUT2D eigenvalue weighted by molar-refractivity contribution is 5.34. The largest absolute Gasteiger partial charge is 0.311 e. The van der Waals surface area contributed by atoms with E-state index in [2.05, 4.69) is 53.7 Å². The van der Waals surface area contributed by atoms with Crippen molar-refractivity contribution in [2.75, 3.05) is 6.54 Å². The van der Waals surface area contributed by atoms with Gasteiger partial charge in [-0.05, 0) is 48.9 Å². The summed E-state index contributed by atoms with van der Waals surface area (Å²) >= 11 is 0. The molecule has 0 spiro atoms. The van der Waals surface area contributed by atoms with Gasteiger partial charge in [-0.15, -0.1) is 5.10 Å². The zero-order valence-electron chi connectivity index (χ0n) is 12.2. The second-order valence-electron chi connectivity index (χ2n) is 5.97. The van der Waals surface area contributed by atoms with E-state index in [1.165, 1.54) is 18.4 Å². The molecule has 0 bridgehead atoms. The zero-order valence-corrected chi connectivity index (χ0v) is 12.2. The fraction of sp³-hybridized carbons (Fsp3) is 0.500. The van der Waals surface area contributed by atoms with Gasteiger partial charge in [0.25, 0.3) is 0 Å². The maximum absolute atomic E-state index is 4.22. The van der Waals surface area contributed by atoms with Crippen LogP contribution in [-0.2, 0) is 6.54 Å². The highest BCUT2D eigenvalue weighted by atomic mass is 15.4. The van der Waals surface area contributed by atoms with Crippen molar-refractivity contribution in [3.8, 4) is 5.69 Å². The van der Waals surface area contributed by atoms with Crippen molar-refractivity contribution in [2.45, 2.75) is 39.2 Å². The van der Waals surface area contributed by atoms with Crippen molar-refractivity contribution in [3.63, 3.8) is 0 Å². The lowest BCUT2D eigenvalue weighted by atomic mass is 10.0. The van der Waals surface area contributed by atoms with Gasteiger partial charge in [-0.2, -0.15) is 0 Å². The van der Waals surface area contributed by atoms with Gasteiger partial charge in [0, 0.05) is 6.54 Å². The third kappa shape index (κ3) is 3.25. The van der Waals surface area contributed by atoms with Gasteiger partial charge in [-0.1, -0.05) is 31.2 Å². The molecule has 4 nitrogen and oxygen atoms in total. The van der Waals surface area contributed by atoms with Crippen molar-refractivity contribution >= 4 is 0 Å². The summed E-state index contributed by atoms with van der Waals surface area (Å²) in [5.41, 5.74) is 3.41. The first-order valence-corrected chi connectivity index (χ1v) is 7.44. The molecule has 1 aliphatic rings. The molecule has 0 aliphatic heterocycles. The molecule has 1 N–H and O–H groups in total. The van der Waals surface area contributed by atoms with E-state index >= 15 is 0 Å². The second-order valence-corrected chi connectivity index (χ2v) is 5.97. The van der Waals surface area contributed by atoms with Crippen LogP contribution in [-0.4, -0.2) is 21.5 Å². The quantitative estimate of drug-likeness (QED) is 0.877. The van der Waals surface area contributed by atoms with Crippen molar-refractivity contribution in [2.24, 2.45) is 5.92 Å².